The predicted molar refractivity (Wildman–Crippen MR) is 66.7 cm³/mol. The van der Waals surface area contributed by atoms with Crippen LogP contribution < -0.4 is 5.32 Å². The number of aliphatic hydroxyl groups excluding tert-OH is 3. The highest BCUT2D eigenvalue weighted by atomic mass is 16.3. The maximum absolute atomic E-state index is 9.91. The fourth-order valence-electron chi connectivity index (χ4n) is 1.68. The number of hydrogen-bond donors (Lipinski definition) is 4. The first-order valence-corrected chi connectivity index (χ1v) is 5.89. The molecule has 1 rings (SSSR count). The number of benzene rings is 1. The number of aliphatic hydroxyl groups is 3. The van der Waals surface area contributed by atoms with E-state index in [2.05, 4.69) is 5.32 Å². The zero-order valence-corrected chi connectivity index (χ0v) is 10.1. The molecule has 0 fully saturated rings. The summed E-state index contributed by atoms with van der Waals surface area (Å²) < 4.78 is 0. The first kappa shape index (κ1) is 14.1. The van der Waals surface area contributed by atoms with Gasteiger partial charge in [0.15, 0.2) is 0 Å². The fraction of sp³-hybridized carbons (Fsp3) is 0.538. The van der Waals surface area contributed by atoms with Crippen molar-refractivity contribution in [3.63, 3.8) is 0 Å². The average Bonchev–Trinajstić information content (AvgIpc) is 2.36. The van der Waals surface area contributed by atoms with Crippen molar-refractivity contribution < 1.29 is 15.3 Å². The topological polar surface area (TPSA) is 72.7 Å². The van der Waals surface area contributed by atoms with Crippen LogP contribution >= 0.6 is 0 Å². The van der Waals surface area contributed by atoms with Gasteiger partial charge in [-0.3, -0.25) is 0 Å². The largest absolute Gasteiger partial charge is 0.396 e. The number of hydrogen-bond acceptors (Lipinski definition) is 4. The van der Waals surface area contributed by atoms with Crippen LogP contribution in [0.4, 0.5) is 0 Å². The third kappa shape index (κ3) is 4.44. The molecule has 0 radical (unpaired) electrons. The second kappa shape index (κ2) is 7.40. The molecule has 1 aromatic carbocycles. The Kier molecular flexibility index (Phi) is 6.15. The lowest BCUT2D eigenvalue weighted by Gasteiger charge is -2.18. The monoisotopic (exact) mass is 239 g/mol. The Morgan fingerprint density at radius 2 is 1.82 bits per heavy atom. The molecule has 0 amide bonds. The number of rotatable bonds is 7. The smallest absolute Gasteiger partial charge is 0.105 e. The lowest BCUT2D eigenvalue weighted by molar-refractivity contribution is 0.0140. The van der Waals surface area contributed by atoms with Crippen molar-refractivity contribution in [2.45, 2.75) is 25.0 Å². The van der Waals surface area contributed by atoms with Crippen molar-refractivity contribution in [2.24, 2.45) is 0 Å². The van der Waals surface area contributed by atoms with E-state index in [-0.39, 0.29) is 6.61 Å². The van der Waals surface area contributed by atoms with Crippen LogP contribution in [-0.2, 0) is 6.42 Å². The maximum atomic E-state index is 9.91. The van der Waals surface area contributed by atoms with Gasteiger partial charge in [-0.2, -0.15) is 0 Å². The van der Waals surface area contributed by atoms with Crippen molar-refractivity contribution in [3.05, 3.63) is 35.4 Å². The van der Waals surface area contributed by atoms with Crippen LogP contribution in [0.25, 0.3) is 0 Å². The van der Waals surface area contributed by atoms with Crippen LogP contribution in [0.1, 0.15) is 23.7 Å². The molecule has 4 nitrogen and oxygen atoms in total. The van der Waals surface area contributed by atoms with Gasteiger partial charge in [-0.25, -0.2) is 0 Å². The standard InChI is InChI=1S/C13H21NO3/c1-14-8-6-12(16)13(17)11-4-2-10(3-5-11)7-9-15/h2-5,12-17H,6-9H2,1H3. The molecule has 2 unspecified atom stereocenters. The minimum atomic E-state index is -0.855. The van der Waals surface area contributed by atoms with Crippen LogP contribution in [0.3, 0.4) is 0 Å². The first-order valence-electron chi connectivity index (χ1n) is 5.89. The number of nitrogens with one attached hydrogen (secondary N) is 1. The zero-order valence-electron chi connectivity index (χ0n) is 10.1. The van der Waals surface area contributed by atoms with Crippen molar-refractivity contribution >= 4 is 0 Å². The Balaban J connectivity index is 2.58. The van der Waals surface area contributed by atoms with E-state index in [9.17, 15) is 10.2 Å². The van der Waals surface area contributed by atoms with Gasteiger partial charge in [0.05, 0.1) is 6.10 Å². The molecule has 0 saturated carbocycles. The summed E-state index contributed by atoms with van der Waals surface area (Å²) in [6, 6.07) is 7.30. The lowest BCUT2D eigenvalue weighted by Crippen LogP contribution is -2.23. The Hall–Kier alpha value is -0.940. The molecule has 0 aliphatic heterocycles. The molecule has 0 heterocycles. The minimum Gasteiger partial charge on any atom is -0.396 e. The SMILES string of the molecule is CNCCC(O)C(O)c1ccc(CCO)cc1. The highest BCUT2D eigenvalue weighted by Crippen LogP contribution is 2.19. The third-order valence-electron chi connectivity index (χ3n) is 2.78. The summed E-state index contributed by atoms with van der Waals surface area (Å²) in [6.45, 7) is 0.785. The molecule has 2 atom stereocenters. The molecule has 4 N–H and O–H groups in total. The minimum absolute atomic E-state index is 0.118. The highest BCUT2D eigenvalue weighted by molar-refractivity contribution is 5.24. The van der Waals surface area contributed by atoms with E-state index in [1.54, 1.807) is 12.1 Å². The zero-order chi connectivity index (χ0) is 12.7. The summed E-state index contributed by atoms with van der Waals surface area (Å²) in [5, 5.41) is 31.4. The fourth-order valence-corrected chi connectivity index (χ4v) is 1.68. The normalized spacial score (nSPS) is 14.6. The molecule has 0 aliphatic carbocycles. The molecule has 0 aliphatic rings. The van der Waals surface area contributed by atoms with Crippen LogP contribution in [0.5, 0.6) is 0 Å². The Morgan fingerprint density at radius 1 is 1.18 bits per heavy atom. The van der Waals surface area contributed by atoms with E-state index in [1.807, 2.05) is 19.2 Å². The van der Waals surface area contributed by atoms with E-state index in [0.29, 0.717) is 24.9 Å². The summed E-state index contributed by atoms with van der Waals surface area (Å²) >= 11 is 0. The van der Waals surface area contributed by atoms with E-state index in [4.69, 9.17) is 5.11 Å². The molecule has 96 valence electrons. The van der Waals surface area contributed by atoms with Crippen LogP contribution in [0.2, 0.25) is 0 Å². The molecular formula is C13H21NO3. The van der Waals surface area contributed by atoms with Crippen LogP contribution in [-0.4, -0.2) is 41.6 Å². The quantitative estimate of drug-likeness (QED) is 0.549. The second-order valence-corrected chi connectivity index (χ2v) is 4.12. The van der Waals surface area contributed by atoms with E-state index in [1.165, 1.54) is 0 Å². The predicted octanol–water partition coefficient (Wildman–Crippen LogP) is 0.225. The van der Waals surface area contributed by atoms with Gasteiger partial charge in [0.1, 0.15) is 6.10 Å². The third-order valence-corrected chi connectivity index (χ3v) is 2.78. The Bertz CT molecular complexity index is 313. The van der Waals surface area contributed by atoms with Gasteiger partial charge in [0.2, 0.25) is 0 Å². The van der Waals surface area contributed by atoms with Crippen LogP contribution in [0.15, 0.2) is 24.3 Å². The molecule has 0 bridgehead atoms. The van der Waals surface area contributed by atoms with Crippen molar-refractivity contribution in [1.29, 1.82) is 0 Å². The van der Waals surface area contributed by atoms with Gasteiger partial charge in [-0.15, -0.1) is 0 Å². The summed E-state index contributed by atoms with van der Waals surface area (Å²) in [6.07, 6.45) is -0.493. The average molecular weight is 239 g/mol. The highest BCUT2D eigenvalue weighted by Gasteiger charge is 2.17. The van der Waals surface area contributed by atoms with Crippen molar-refractivity contribution in [1.82, 2.24) is 5.32 Å². The summed E-state index contributed by atoms with van der Waals surface area (Å²) in [7, 11) is 1.81. The molecular weight excluding hydrogens is 218 g/mol. The first-order chi connectivity index (χ1) is 8.19. The Labute approximate surface area is 102 Å². The van der Waals surface area contributed by atoms with Gasteiger partial charge in [0, 0.05) is 6.61 Å². The molecule has 4 heteroatoms. The van der Waals surface area contributed by atoms with E-state index >= 15 is 0 Å². The summed E-state index contributed by atoms with van der Waals surface area (Å²) in [4.78, 5) is 0. The molecule has 0 aromatic heterocycles. The molecule has 0 saturated heterocycles. The lowest BCUT2D eigenvalue weighted by atomic mass is 10.0. The van der Waals surface area contributed by atoms with Gasteiger partial charge < -0.3 is 20.6 Å². The van der Waals surface area contributed by atoms with E-state index < -0.39 is 12.2 Å². The maximum Gasteiger partial charge on any atom is 0.105 e. The van der Waals surface area contributed by atoms with Gasteiger partial charge in [-0.05, 0) is 37.6 Å². The summed E-state index contributed by atoms with van der Waals surface area (Å²) in [5.41, 5.74) is 1.73. The van der Waals surface area contributed by atoms with Gasteiger partial charge in [0.25, 0.3) is 0 Å². The second-order valence-electron chi connectivity index (χ2n) is 4.12. The van der Waals surface area contributed by atoms with Crippen molar-refractivity contribution in [3.8, 4) is 0 Å². The van der Waals surface area contributed by atoms with E-state index in [0.717, 1.165) is 5.56 Å². The van der Waals surface area contributed by atoms with Crippen LogP contribution in [0, 0.1) is 0 Å². The van der Waals surface area contributed by atoms with Gasteiger partial charge >= 0.3 is 0 Å². The van der Waals surface area contributed by atoms with Gasteiger partial charge in [-0.1, -0.05) is 24.3 Å². The summed E-state index contributed by atoms with van der Waals surface area (Å²) in [5.74, 6) is 0. The molecule has 17 heavy (non-hydrogen) atoms. The van der Waals surface area contributed by atoms with Crippen molar-refractivity contribution in [2.75, 3.05) is 20.2 Å². The molecule has 1 aromatic rings. The molecule has 0 spiro atoms. The Morgan fingerprint density at radius 3 is 2.35 bits per heavy atom.